The van der Waals surface area contributed by atoms with Gasteiger partial charge in [-0.15, -0.1) is 0 Å². The number of rotatable bonds is 6. The van der Waals surface area contributed by atoms with Crippen LogP contribution in [0.1, 0.15) is 35.6 Å². The lowest BCUT2D eigenvalue weighted by Crippen LogP contribution is -2.36. The molecule has 7 nitrogen and oxygen atoms in total. The van der Waals surface area contributed by atoms with Gasteiger partial charge in [-0.1, -0.05) is 0 Å². The minimum Gasteiger partial charge on any atom is -0.468 e. The second-order valence-corrected chi connectivity index (χ2v) is 5.70. The molecule has 0 aromatic carbocycles. The maximum Gasteiger partial charge on any atom is 0.288 e. The molecule has 118 valence electrons. The Morgan fingerprint density at radius 3 is 3.27 bits per heavy atom. The number of nitrogens with zero attached hydrogens (tertiary/aromatic N) is 3. The summed E-state index contributed by atoms with van der Waals surface area (Å²) in [6, 6.07) is 3.94. The molecule has 0 aliphatic carbocycles. The lowest BCUT2D eigenvalue weighted by atomic mass is 9.94. The van der Waals surface area contributed by atoms with Gasteiger partial charge in [-0.25, -0.2) is 4.98 Å². The molecule has 0 saturated carbocycles. The van der Waals surface area contributed by atoms with Crippen LogP contribution in [0.3, 0.4) is 0 Å². The Morgan fingerprint density at radius 1 is 1.55 bits per heavy atom. The average molecular weight is 303 g/mol. The Hall–Kier alpha value is -2.15. The van der Waals surface area contributed by atoms with Gasteiger partial charge in [0, 0.05) is 13.1 Å². The zero-order chi connectivity index (χ0) is 15.2. The van der Waals surface area contributed by atoms with Gasteiger partial charge in [-0.05, 0) is 43.9 Å². The van der Waals surface area contributed by atoms with Crippen molar-refractivity contribution in [1.82, 2.24) is 25.4 Å². The highest BCUT2D eigenvalue weighted by molar-refractivity contribution is 5.90. The number of aromatic amines is 1. The first-order valence-electron chi connectivity index (χ1n) is 7.69. The third kappa shape index (κ3) is 3.94. The summed E-state index contributed by atoms with van der Waals surface area (Å²) in [4.78, 5) is 18.0. The van der Waals surface area contributed by atoms with Gasteiger partial charge in [0.15, 0.2) is 0 Å². The molecular weight excluding hydrogens is 282 g/mol. The van der Waals surface area contributed by atoms with Gasteiger partial charge in [0.05, 0.1) is 12.8 Å². The van der Waals surface area contributed by atoms with E-state index in [9.17, 15) is 4.79 Å². The fourth-order valence-electron chi connectivity index (χ4n) is 2.94. The normalized spacial score (nSPS) is 19.2. The molecule has 2 aromatic rings. The summed E-state index contributed by atoms with van der Waals surface area (Å²) < 4.78 is 5.41. The molecule has 0 unspecified atom stereocenters. The van der Waals surface area contributed by atoms with Crippen molar-refractivity contribution >= 4 is 5.91 Å². The number of nitrogens with one attached hydrogen (secondary N) is 2. The van der Waals surface area contributed by atoms with Crippen molar-refractivity contribution in [3.8, 4) is 0 Å². The van der Waals surface area contributed by atoms with Crippen molar-refractivity contribution in [2.24, 2.45) is 5.92 Å². The Labute approximate surface area is 129 Å². The number of H-pyrrole nitrogens is 1. The number of carbonyl (C=O) groups is 1. The van der Waals surface area contributed by atoms with E-state index >= 15 is 0 Å². The maximum absolute atomic E-state index is 11.8. The molecule has 0 spiro atoms. The van der Waals surface area contributed by atoms with E-state index < -0.39 is 0 Å². The highest BCUT2D eigenvalue weighted by Gasteiger charge is 2.20. The predicted molar refractivity (Wildman–Crippen MR) is 80.0 cm³/mol. The van der Waals surface area contributed by atoms with E-state index in [1.54, 1.807) is 6.26 Å². The van der Waals surface area contributed by atoms with E-state index in [4.69, 9.17) is 4.42 Å². The second-order valence-electron chi connectivity index (χ2n) is 5.70. The summed E-state index contributed by atoms with van der Waals surface area (Å²) in [5.74, 6) is 1.70. The van der Waals surface area contributed by atoms with Crippen LogP contribution in [0.4, 0.5) is 0 Å². The minimum absolute atomic E-state index is 0.194. The van der Waals surface area contributed by atoms with Crippen LogP contribution in [0.15, 0.2) is 29.1 Å². The van der Waals surface area contributed by atoms with Crippen LogP contribution >= 0.6 is 0 Å². The van der Waals surface area contributed by atoms with Crippen molar-refractivity contribution < 1.29 is 9.21 Å². The number of aromatic nitrogens is 3. The summed E-state index contributed by atoms with van der Waals surface area (Å²) in [5, 5.41) is 9.12. The number of furan rings is 1. The first-order valence-corrected chi connectivity index (χ1v) is 7.69. The van der Waals surface area contributed by atoms with Crippen LogP contribution in [0.2, 0.25) is 0 Å². The molecular formula is C15H21N5O2. The zero-order valence-electron chi connectivity index (χ0n) is 12.5. The summed E-state index contributed by atoms with van der Waals surface area (Å²) >= 11 is 0. The molecule has 2 aromatic heterocycles. The molecule has 0 bridgehead atoms. The quantitative estimate of drug-likeness (QED) is 0.843. The molecule has 2 N–H and O–H groups in total. The zero-order valence-corrected chi connectivity index (χ0v) is 12.5. The van der Waals surface area contributed by atoms with Crippen LogP contribution in [0.25, 0.3) is 0 Å². The summed E-state index contributed by atoms with van der Waals surface area (Å²) in [7, 11) is 0. The molecule has 3 heterocycles. The van der Waals surface area contributed by atoms with E-state index in [1.807, 2.05) is 12.1 Å². The maximum atomic E-state index is 11.8. The number of hydrogen-bond donors (Lipinski definition) is 2. The number of piperidine rings is 1. The minimum atomic E-state index is -0.194. The van der Waals surface area contributed by atoms with Crippen molar-refractivity contribution in [1.29, 1.82) is 0 Å². The van der Waals surface area contributed by atoms with Crippen molar-refractivity contribution in [2.45, 2.75) is 25.8 Å². The number of hydrogen-bond acceptors (Lipinski definition) is 5. The fraction of sp³-hybridized carbons (Fsp3) is 0.533. The van der Waals surface area contributed by atoms with Crippen LogP contribution in [0.5, 0.6) is 0 Å². The van der Waals surface area contributed by atoms with Gasteiger partial charge in [0.1, 0.15) is 12.1 Å². The molecule has 1 amide bonds. The van der Waals surface area contributed by atoms with Gasteiger partial charge in [-0.3, -0.25) is 14.8 Å². The van der Waals surface area contributed by atoms with Crippen LogP contribution in [-0.2, 0) is 6.54 Å². The van der Waals surface area contributed by atoms with E-state index in [-0.39, 0.29) is 11.7 Å². The summed E-state index contributed by atoms with van der Waals surface area (Å²) in [6.07, 6.45) is 6.45. The van der Waals surface area contributed by atoms with E-state index in [0.29, 0.717) is 12.5 Å². The molecule has 1 saturated heterocycles. The molecule has 0 radical (unpaired) electrons. The number of likely N-dealkylation sites (tertiary alicyclic amines) is 1. The molecule has 22 heavy (non-hydrogen) atoms. The van der Waals surface area contributed by atoms with Gasteiger partial charge in [0.2, 0.25) is 5.82 Å². The summed E-state index contributed by atoms with van der Waals surface area (Å²) in [6.45, 7) is 3.70. The second kappa shape index (κ2) is 7.22. The van der Waals surface area contributed by atoms with E-state index in [1.165, 1.54) is 19.2 Å². The lowest BCUT2D eigenvalue weighted by Gasteiger charge is -2.32. The van der Waals surface area contributed by atoms with Crippen molar-refractivity contribution in [3.63, 3.8) is 0 Å². The van der Waals surface area contributed by atoms with E-state index in [0.717, 1.165) is 31.8 Å². The van der Waals surface area contributed by atoms with Crippen LogP contribution in [0, 0.1) is 5.92 Å². The Balaban J connectivity index is 1.40. The largest absolute Gasteiger partial charge is 0.468 e. The fourth-order valence-corrected chi connectivity index (χ4v) is 2.94. The Kier molecular flexibility index (Phi) is 4.85. The number of carbonyl (C=O) groups excluding carboxylic acids is 1. The standard InChI is InChI=1S/C15H21N5O2/c21-15(14-17-11-18-19-14)16-6-5-12-3-1-7-20(9-12)10-13-4-2-8-22-13/h2,4,8,11-12H,1,3,5-7,9-10H2,(H,16,21)(H,17,18,19)/t12-/m0/s1. The Morgan fingerprint density at radius 2 is 2.50 bits per heavy atom. The third-order valence-electron chi connectivity index (χ3n) is 4.03. The Bertz CT molecular complexity index is 567. The molecule has 1 aliphatic rings. The van der Waals surface area contributed by atoms with Crippen LogP contribution in [-0.4, -0.2) is 45.6 Å². The van der Waals surface area contributed by atoms with Gasteiger partial charge < -0.3 is 9.73 Å². The molecule has 3 rings (SSSR count). The van der Waals surface area contributed by atoms with Gasteiger partial charge in [0.25, 0.3) is 5.91 Å². The number of amides is 1. The molecule has 1 fully saturated rings. The van der Waals surface area contributed by atoms with Crippen LogP contribution < -0.4 is 5.32 Å². The highest BCUT2D eigenvalue weighted by Crippen LogP contribution is 2.21. The average Bonchev–Trinajstić information content (AvgIpc) is 3.21. The van der Waals surface area contributed by atoms with Gasteiger partial charge >= 0.3 is 0 Å². The third-order valence-corrected chi connectivity index (χ3v) is 4.03. The van der Waals surface area contributed by atoms with Crippen molar-refractivity contribution in [3.05, 3.63) is 36.3 Å². The summed E-state index contributed by atoms with van der Waals surface area (Å²) in [5.41, 5.74) is 0. The lowest BCUT2D eigenvalue weighted by molar-refractivity contribution is 0.0936. The first-order chi connectivity index (χ1) is 10.8. The molecule has 1 aliphatic heterocycles. The first kappa shape index (κ1) is 14.8. The topological polar surface area (TPSA) is 87.1 Å². The predicted octanol–water partition coefficient (Wildman–Crippen LogP) is 1.43. The molecule has 7 heteroatoms. The smallest absolute Gasteiger partial charge is 0.288 e. The highest BCUT2D eigenvalue weighted by atomic mass is 16.3. The van der Waals surface area contributed by atoms with Gasteiger partial charge in [-0.2, -0.15) is 5.10 Å². The van der Waals surface area contributed by atoms with Crippen molar-refractivity contribution in [2.75, 3.05) is 19.6 Å². The molecule has 1 atom stereocenters. The SMILES string of the molecule is O=C(NCC[C@@H]1CCCN(Cc2ccco2)C1)c1ncn[nH]1. The monoisotopic (exact) mass is 303 g/mol. The van der Waals surface area contributed by atoms with E-state index in [2.05, 4.69) is 25.4 Å².